The minimum atomic E-state index is -2.04. The Labute approximate surface area is 107 Å². The van der Waals surface area contributed by atoms with Crippen LogP contribution in [0.1, 0.15) is 24.0 Å². The van der Waals surface area contributed by atoms with Gasteiger partial charge in [-0.3, -0.25) is 0 Å². The third-order valence-electron chi connectivity index (χ3n) is 2.39. The molecule has 1 atom stereocenters. The van der Waals surface area contributed by atoms with Crippen LogP contribution >= 0.6 is 33.8 Å². The molecule has 0 aliphatic rings. The SMILES string of the molecule is CC(C[Si](C)(Cl)Cl)c1ccccc1CCl. The fourth-order valence-electron chi connectivity index (χ4n) is 1.78. The molecular formula is C11H15Cl3Si. The molecule has 0 spiro atoms. The molecule has 1 rings (SSSR count). The van der Waals surface area contributed by atoms with Gasteiger partial charge >= 0.3 is 0 Å². The van der Waals surface area contributed by atoms with E-state index in [2.05, 4.69) is 19.1 Å². The first kappa shape index (κ1) is 13.4. The van der Waals surface area contributed by atoms with Gasteiger partial charge in [-0.05, 0) is 29.6 Å². The molecule has 0 radical (unpaired) electrons. The summed E-state index contributed by atoms with van der Waals surface area (Å²) < 4.78 is 0. The first-order valence-electron chi connectivity index (χ1n) is 4.95. The van der Waals surface area contributed by atoms with Crippen molar-refractivity contribution in [1.82, 2.24) is 0 Å². The zero-order valence-electron chi connectivity index (χ0n) is 8.93. The second-order valence-electron chi connectivity index (χ2n) is 4.01. The summed E-state index contributed by atoms with van der Waals surface area (Å²) in [6, 6.07) is 9.07. The molecule has 0 aromatic heterocycles. The summed E-state index contributed by atoms with van der Waals surface area (Å²) in [5, 5.41) is 0. The lowest BCUT2D eigenvalue weighted by atomic mass is 9.98. The number of hydrogen-bond donors (Lipinski definition) is 0. The first-order chi connectivity index (χ1) is 6.94. The monoisotopic (exact) mass is 280 g/mol. The van der Waals surface area contributed by atoms with Crippen molar-refractivity contribution in [2.45, 2.75) is 31.3 Å². The molecule has 0 saturated heterocycles. The Morgan fingerprint density at radius 2 is 1.87 bits per heavy atom. The van der Waals surface area contributed by atoms with Crippen LogP contribution in [0.5, 0.6) is 0 Å². The van der Waals surface area contributed by atoms with E-state index in [4.69, 9.17) is 33.8 Å². The van der Waals surface area contributed by atoms with Gasteiger partial charge in [0.1, 0.15) is 0 Å². The molecule has 1 aromatic rings. The van der Waals surface area contributed by atoms with Gasteiger partial charge in [-0.2, -0.15) is 0 Å². The molecule has 4 heteroatoms. The molecule has 84 valence electrons. The van der Waals surface area contributed by atoms with Gasteiger partial charge in [0, 0.05) is 5.88 Å². The van der Waals surface area contributed by atoms with E-state index in [0.717, 1.165) is 6.04 Å². The molecule has 0 aliphatic carbocycles. The van der Waals surface area contributed by atoms with E-state index in [-0.39, 0.29) is 0 Å². The van der Waals surface area contributed by atoms with Crippen LogP contribution in [0.2, 0.25) is 12.6 Å². The maximum atomic E-state index is 6.14. The molecule has 0 heterocycles. The van der Waals surface area contributed by atoms with Crippen molar-refractivity contribution in [1.29, 1.82) is 0 Å². The smallest absolute Gasteiger partial charge is 0.146 e. The highest BCUT2D eigenvalue weighted by Crippen LogP contribution is 2.32. The predicted molar refractivity (Wildman–Crippen MR) is 72.5 cm³/mol. The van der Waals surface area contributed by atoms with Crippen LogP contribution in [0.3, 0.4) is 0 Å². The van der Waals surface area contributed by atoms with Crippen LogP contribution < -0.4 is 0 Å². The van der Waals surface area contributed by atoms with Crippen LogP contribution in [0.15, 0.2) is 24.3 Å². The predicted octanol–water partition coefficient (Wildman–Crippen LogP) is 5.08. The van der Waals surface area contributed by atoms with E-state index in [1.165, 1.54) is 11.1 Å². The standard InChI is InChI=1S/C11H15Cl3Si/c1-9(8-15(2,13)14)11-6-4-3-5-10(11)7-12/h3-6,9H,7-8H2,1-2H3. The zero-order chi connectivity index (χ0) is 11.5. The normalized spacial score (nSPS) is 13.9. The minimum Gasteiger partial charge on any atom is -0.146 e. The highest BCUT2D eigenvalue weighted by molar-refractivity contribution is 7.44. The van der Waals surface area contributed by atoms with Gasteiger partial charge in [-0.25, -0.2) is 0 Å². The minimum absolute atomic E-state index is 0.381. The first-order valence-corrected chi connectivity index (χ1v) is 10.2. The third kappa shape index (κ3) is 4.35. The van der Waals surface area contributed by atoms with E-state index in [1.54, 1.807) is 0 Å². The number of hydrogen-bond acceptors (Lipinski definition) is 0. The van der Waals surface area contributed by atoms with Crippen LogP contribution in [0.4, 0.5) is 0 Å². The quantitative estimate of drug-likeness (QED) is 0.410. The van der Waals surface area contributed by atoms with Crippen molar-refractivity contribution in [2.75, 3.05) is 0 Å². The summed E-state index contributed by atoms with van der Waals surface area (Å²) in [6.07, 6.45) is 0. The molecule has 0 bridgehead atoms. The largest absolute Gasteiger partial charge is 0.249 e. The molecule has 0 N–H and O–H groups in total. The second-order valence-corrected chi connectivity index (χ2v) is 12.4. The Hall–Kier alpha value is 0.307. The lowest BCUT2D eigenvalue weighted by Crippen LogP contribution is -2.16. The van der Waals surface area contributed by atoms with Gasteiger partial charge in [-0.15, -0.1) is 33.8 Å². The lowest BCUT2D eigenvalue weighted by Gasteiger charge is -2.19. The molecule has 0 fully saturated rings. The Bertz CT molecular complexity index is 320. The molecular weight excluding hydrogens is 267 g/mol. The van der Waals surface area contributed by atoms with Gasteiger partial charge in [0.05, 0.1) is 0 Å². The van der Waals surface area contributed by atoms with Crippen molar-refractivity contribution in [3.63, 3.8) is 0 Å². The maximum Gasteiger partial charge on any atom is 0.249 e. The Morgan fingerprint density at radius 1 is 1.27 bits per heavy atom. The highest BCUT2D eigenvalue weighted by atomic mass is 35.7. The van der Waals surface area contributed by atoms with Gasteiger partial charge in [0.25, 0.3) is 0 Å². The summed E-state index contributed by atoms with van der Waals surface area (Å²) in [5.41, 5.74) is 2.45. The molecule has 0 aliphatic heterocycles. The maximum absolute atomic E-state index is 6.14. The average molecular weight is 282 g/mol. The Balaban J connectivity index is 2.86. The van der Waals surface area contributed by atoms with E-state index < -0.39 is 6.69 Å². The third-order valence-corrected chi connectivity index (χ3v) is 4.94. The summed E-state index contributed by atoms with van der Waals surface area (Å²) in [7, 11) is 0. The van der Waals surface area contributed by atoms with E-state index in [1.807, 2.05) is 18.7 Å². The summed E-state index contributed by atoms with van der Waals surface area (Å²) in [5.74, 6) is 0.926. The molecule has 1 unspecified atom stereocenters. The fraction of sp³-hybridized carbons (Fsp3) is 0.455. The van der Waals surface area contributed by atoms with Crippen LogP contribution in [0, 0.1) is 0 Å². The topological polar surface area (TPSA) is 0 Å². The van der Waals surface area contributed by atoms with Crippen molar-refractivity contribution in [3.05, 3.63) is 35.4 Å². The lowest BCUT2D eigenvalue weighted by molar-refractivity contribution is 0.843. The van der Waals surface area contributed by atoms with Gasteiger partial charge < -0.3 is 0 Å². The summed E-state index contributed by atoms with van der Waals surface area (Å²) in [4.78, 5) is 0. The van der Waals surface area contributed by atoms with Crippen molar-refractivity contribution >= 4 is 40.5 Å². The molecule has 15 heavy (non-hydrogen) atoms. The highest BCUT2D eigenvalue weighted by Gasteiger charge is 2.25. The van der Waals surface area contributed by atoms with Crippen molar-refractivity contribution in [3.8, 4) is 0 Å². The molecule has 0 saturated carbocycles. The van der Waals surface area contributed by atoms with Gasteiger partial charge in [0.15, 0.2) is 0 Å². The fourth-order valence-corrected chi connectivity index (χ4v) is 4.71. The van der Waals surface area contributed by atoms with Gasteiger partial charge in [-0.1, -0.05) is 31.2 Å². The number of benzene rings is 1. The Kier molecular flexibility index (Phi) is 4.97. The number of rotatable bonds is 4. The van der Waals surface area contributed by atoms with E-state index in [0.29, 0.717) is 11.8 Å². The van der Waals surface area contributed by atoms with Crippen LogP contribution in [-0.2, 0) is 5.88 Å². The Morgan fingerprint density at radius 3 is 2.40 bits per heavy atom. The molecule has 1 aromatic carbocycles. The van der Waals surface area contributed by atoms with Crippen molar-refractivity contribution in [2.24, 2.45) is 0 Å². The zero-order valence-corrected chi connectivity index (χ0v) is 12.2. The number of alkyl halides is 1. The molecule has 0 amide bonds. The van der Waals surface area contributed by atoms with Crippen LogP contribution in [-0.4, -0.2) is 6.69 Å². The van der Waals surface area contributed by atoms with Gasteiger partial charge in [0.2, 0.25) is 6.69 Å². The van der Waals surface area contributed by atoms with E-state index >= 15 is 0 Å². The second kappa shape index (κ2) is 5.58. The van der Waals surface area contributed by atoms with E-state index in [9.17, 15) is 0 Å². The van der Waals surface area contributed by atoms with Crippen molar-refractivity contribution < 1.29 is 0 Å². The molecule has 0 nitrogen and oxygen atoms in total. The number of halogens is 3. The summed E-state index contributed by atoms with van der Waals surface area (Å²) in [6.45, 7) is 2.07. The van der Waals surface area contributed by atoms with Crippen LogP contribution in [0.25, 0.3) is 0 Å². The average Bonchev–Trinajstić information content (AvgIpc) is 2.15. The summed E-state index contributed by atoms with van der Waals surface area (Å²) >= 11 is 18.2.